The standard InChI is InChI=1S/C17H25N5S.HI/c1-4-18-17(19-10-16-6-5-13(2)23-16)22-8-7-14(12-22)15-9-20-21(3)11-15;/h5-6,9,11,14H,4,7-8,10,12H2,1-3H3,(H,18,19);1H. The lowest BCUT2D eigenvalue weighted by Crippen LogP contribution is -2.39. The van der Waals surface area contributed by atoms with Crippen molar-refractivity contribution in [2.75, 3.05) is 19.6 Å². The third-order valence-corrected chi connectivity index (χ3v) is 5.19. The lowest BCUT2D eigenvalue weighted by Gasteiger charge is -2.21. The lowest BCUT2D eigenvalue weighted by atomic mass is 10.0. The molecule has 2 aromatic heterocycles. The molecule has 7 heteroatoms. The molecular weight excluding hydrogens is 433 g/mol. The van der Waals surface area contributed by atoms with Crippen LogP contribution >= 0.6 is 35.3 Å². The number of halogens is 1. The molecule has 0 radical (unpaired) electrons. The van der Waals surface area contributed by atoms with Gasteiger partial charge in [0.15, 0.2) is 5.96 Å². The highest BCUT2D eigenvalue weighted by Gasteiger charge is 2.26. The molecule has 0 aliphatic carbocycles. The third kappa shape index (κ3) is 4.72. The van der Waals surface area contributed by atoms with E-state index < -0.39 is 0 Å². The molecule has 0 bridgehead atoms. The fraction of sp³-hybridized carbons (Fsp3) is 0.529. The maximum atomic E-state index is 4.83. The molecule has 1 aliphatic heterocycles. The fourth-order valence-corrected chi connectivity index (χ4v) is 3.84. The first kappa shape index (κ1) is 19.2. The van der Waals surface area contributed by atoms with Gasteiger partial charge in [0, 0.05) is 48.6 Å². The SMILES string of the molecule is CCNC(=NCc1ccc(C)s1)N1CCC(c2cnn(C)c2)C1.I. The van der Waals surface area contributed by atoms with Crippen molar-refractivity contribution >= 4 is 41.3 Å². The van der Waals surface area contributed by atoms with Crippen LogP contribution in [0.1, 0.15) is 34.6 Å². The van der Waals surface area contributed by atoms with Gasteiger partial charge in [-0.1, -0.05) is 0 Å². The van der Waals surface area contributed by atoms with E-state index in [9.17, 15) is 0 Å². The van der Waals surface area contributed by atoms with E-state index in [1.807, 2.05) is 29.3 Å². The lowest BCUT2D eigenvalue weighted by molar-refractivity contribution is 0.486. The van der Waals surface area contributed by atoms with Crippen LogP contribution in [0.5, 0.6) is 0 Å². The Labute approximate surface area is 165 Å². The van der Waals surface area contributed by atoms with Gasteiger partial charge in [-0.2, -0.15) is 5.10 Å². The molecule has 3 rings (SSSR count). The van der Waals surface area contributed by atoms with Crippen molar-refractivity contribution in [2.45, 2.75) is 32.7 Å². The highest BCUT2D eigenvalue weighted by atomic mass is 127. The predicted octanol–water partition coefficient (Wildman–Crippen LogP) is 3.36. The Morgan fingerprint density at radius 1 is 1.46 bits per heavy atom. The summed E-state index contributed by atoms with van der Waals surface area (Å²) in [6.45, 7) is 7.99. The Hall–Kier alpha value is -1.09. The van der Waals surface area contributed by atoms with Crippen LogP contribution < -0.4 is 5.32 Å². The van der Waals surface area contributed by atoms with Gasteiger partial charge >= 0.3 is 0 Å². The highest BCUT2D eigenvalue weighted by Crippen LogP contribution is 2.26. The first-order valence-corrected chi connectivity index (χ1v) is 9.04. The van der Waals surface area contributed by atoms with Crippen molar-refractivity contribution in [1.29, 1.82) is 0 Å². The summed E-state index contributed by atoms with van der Waals surface area (Å²) in [7, 11) is 1.98. The molecule has 24 heavy (non-hydrogen) atoms. The molecule has 1 fully saturated rings. The highest BCUT2D eigenvalue weighted by molar-refractivity contribution is 14.0. The summed E-state index contributed by atoms with van der Waals surface area (Å²) < 4.78 is 1.89. The second-order valence-electron chi connectivity index (χ2n) is 6.06. The normalized spacial score (nSPS) is 17.9. The fourth-order valence-electron chi connectivity index (χ4n) is 3.02. The smallest absolute Gasteiger partial charge is 0.194 e. The molecule has 1 N–H and O–H groups in total. The summed E-state index contributed by atoms with van der Waals surface area (Å²) in [5, 5.41) is 7.74. The molecule has 2 aromatic rings. The van der Waals surface area contributed by atoms with E-state index in [2.05, 4.69) is 47.5 Å². The van der Waals surface area contributed by atoms with Crippen LogP contribution in [-0.2, 0) is 13.6 Å². The molecule has 1 saturated heterocycles. The summed E-state index contributed by atoms with van der Waals surface area (Å²) in [4.78, 5) is 9.88. The van der Waals surface area contributed by atoms with Gasteiger partial charge in [0.1, 0.15) is 0 Å². The Bertz CT molecular complexity index is 678. The molecule has 1 unspecified atom stereocenters. The molecule has 5 nitrogen and oxygen atoms in total. The van der Waals surface area contributed by atoms with Crippen molar-refractivity contribution in [3.8, 4) is 0 Å². The van der Waals surface area contributed by atoms with Crippen molar-refractivity contribution in [3.63, 3.8) is 0 Å². The van der Waals surface area contributed by atoms with E-state index in [4.69, 9.17) is 4.99 Å². The summed E-state index contributed by atoms with van der Waals surface area (Å²) in [5.41, 5.74) is 1.33. The second kappa shape index (κ2) is 8.84. The molecule has 0 amide bonds. The zero-order chi connectivity index (χ0) is 16.2. The van der Waals surface area contributed by atoms with Crippen LogP contribution in [-0.4, -0.2) is 40.3 Å². The quantitative estimate of drug-likeness (QED) is 0.434. The number of nitrogens with one attached hydrogen (secondary N) is 1. The predicted molar refractivity (Wildman–Crippen MR) is 111 cm³/mol. The number of likely N-dealkylation sites (tertiary alicyclic amines) is 1. The van der Waals surface area contributed by atoms with Gasteiger partial charge in [0.05, 0.1) is 12.7 Å². The van der Waals surface area contributed by atoms with Gasteiger partial charge in [-0.15, -0.1) is 35.3 Å². The Balaban J connectivity index is 0.00000208. The zero-order valence-electron chi connectivity index (χ0n) is 14.5. The Kier molecular flexibility index (Phi) is 7.09. The van der Waals surface area contributed by atoms with Crippen LogP contribution in [0, 0.1) is 6.92 Å². The monoisotopic (exact) mass is 459 g/mol. The number of guanidine groups is 1. The molecule has 1 aliphatic rings. The number of rotatable bonds is 4. The molecule has 0 saturated carbocycles. The summed E-state index contributed by atoms with van der Waals surface area (Å²) >= 11 is 1.83. The van der Waals surface area contributed by atoms with Gasteiger partial charge in [-0.05, 0) is 38.0 Å². The average Bonchev–Trinajstić information content (AvgIpc) is 3.24. The number of aliphatic imine (C=N–C) groups is 1. The van der Waals surface area contributed by atoms with Crippen molar-refractivity contribution in [2.24, 2.45) is 12.0 Å². The average molecular weight is 459 g/mol. The maximum absolute atomic E-state index is 4.83. The van der Waals surface area contributed by atoms with E-state index in [0.717, 1.165) is 38.6 Å². The van der Waals surface area contributed by atoms with Gasteiger partial charge in [0.2, 0.25) is 0 Å². The van der Waals surface area contributed by atoms with Gasteiger partial charge in [0.25, 0.3) is 0 Å². The number of aryl methyl sites for hydroxylation is 2. The molecule has 132 valence electrons. The van der Waals surface area contributed by atoms with E-state index in [1.165, 1.54) is 15.3 Å². The maximum Gasteiger partial charge on any atom is 0.194 e. The molecular formula is C17H26IN5S. The largest absolute Gasteiger partial charge is 0.357 e. The third-order valence-electron chi connectivity index (χ3n) is 4.20. The van der Waals surface area contributed by atoms with E-state index in [-0.39, 0.29) is 24.0 Å². The van der Waals surface area contributed by atoms with Crippen molar-refractivity contribution in [3.05, 3.63) is 39.8 Å². The minimum Gasteiger partial charge on any atom is -0.357 e. The minimum absolute atomic E-state index is 0. The topological polar surface area (TPSA) is 45.5 Å². The second-order valence-corrected chi connectivity index (χ2v) is 7.43. The van der Waals surface area contributed by atoms with Crippen LogP contribution in [0.3, 0.4) is 0 Å². The minimum atomic E-state index is 0. The molecule has 1 atom stereocenters. The molecule has 0 spiro atoms. The van der Waals surface area contributed by atoms with Gasteiger partial charge in [-0.25, -0.2) is 4.99 Å². The van der Waals surface area contributed by atoms with Crippen LogP contribution in [0.15, 0.2) is 29.5 Å². The first-order chi connectivity index (χ1) is 11.2. The first-order valence-electron chi connectivity index (χ1n) is 8.23. The molecule has 3 heterocycles. The summed E-state index contributed by atoms with van der Waals surface area (Å²) in [5.74, 6) is 1.58. The number of hydrogen-bond donors (Lipinski definition) is 1. The number of thiophene rings is 1. The Morgan fingerprint density at radius 2 is 2.29 bits per heavy atom. The summed E-state index contributed by atoms with van der Waals surface area (Å²) in [6, 6.07) is 4.34. The van der Waals surface area contributed by atoms with Crippen molar-refractivity contribution in [1.82, 2.24) is 20.0 Å². The van der Waals surface area contributed by atoms with Crippen LogP contribution in [0.2, 0.25) is 0 Å². The van der Waals surface area contributed by atoms with Crippen LogP contribution in [0.25, 0.3) is 0 Å². The number of hydrogen-bond acceptors (Lipinski definition) is 3. The molecule has 0 aromatic carbocycles. The van der Waals surface area contributed by atoms with E-state index >= 15 is 0 Å². The van der Waals surface area contributed by atoms with Gasteiger partial charge in [-0.3, -0.25) is 4.68 Å². The van der Waals surface area contributed by atoms with E-state index in [0.29, 0.717) is 5.92 Å². The van der Waals surface area contributed by atoms with E-state index in [1.54, 1.807) is 0 Å². The summed E-state index contributed by atoms with van der Waals surface area (Å²) in [6.07, 6.45) is 5.29. The van der Waals surface area contributed by atoms with Gasteiger partial charge < -0.3 is 10.2 Å². The van der Waals surface area contributed by atoms with Crippen LogP contribution in [0.4, 0.5) is 0 Å². The van der Waals surface area contributed by atoms with Crippen molar-refractivity contribution < 1.29 is 0 Å². The zero-order valence-corrected chi connectivity index (χ0v) is 17.7. The number of nitrogens with zero attached hydrogens (tertiary/aromatic N) is 4. The number of aromatic nitrogens is 2. The Morgan fingerprint density at radius 3 is 2.92 bits per heavy atom.